The van der Waals surface area contributed by atoms with Gasteiger partial charge in [0, 0.05) is 22.4 Å². The molecule has 2 rings (SSSR count). The summed E-state index contributed by atoms with van der Waals surface area (Å²) in [5.74, 6) is 0. The Bertz CT molecular complexity index is 469. The van der Waals surface area contributed by atoms with E-state index in [1.165, 1.54) is 10.4 Å². The molecule has 0 radical (unpaired) electrons. The highest BCUT2D eigenvalue weighted by atomic mass is 79.9. The normalized spacial score (nSPS) is 12.5. The number of halogens is 1. The molecule has 0 aliphatic rings. The molecule has 0 spiro atoms. The van der Waals surface area contributed by atoms with Gasteiger partial charge in [0.15, 0.2) is 0 Å². The number of hydrogen-bond acceptors (Lipinski definition) is 3. The van der Waals surface area contributed by atoms with Crippen LogP contribution in [-0.2, 0) is 17.9 Å². The monoisotopic (exact) mass is 339 g/mol. The van der Waals surface area contributed by atoms with Crippen molar-refractivity contribution in [2.24, 2.45) is 0 Å². The predicted octanol–water partition coefficient (Wildman–Crippen LogP) is 4.21. The third-order valence-corrected chi connectivity index (χ3v) is 4.16. The second-order valence-electron chi connectivity index (χ2n) is 4.46. The van der Waals surface area contributed by atoms with Gasteiger partial charge in [0.25, 0.3) is 0 Å². The van der Waals surface area contributed by atoms with E-state index in [0.29, 0.717) is 6.61 Å². The topological polar surface area (TPSA) is 21.3 Å². The van der Waals surface area contributed by atoms with Crippen molar-refractivity contribution in [2.75, 3.05) is 6.54 Å². The van der Waals surface area contributed by atoms with Gasteiger partial charge in [0.1, 0.15) is 0 Å². The highest BCUT2D eigenvalue weighted by molar-refractivity contribution is 9.10. The predicted molar refractivity (Wildman–Crippen MR) is 84.4 cm³/mol. The van der Waals surface area contributed by atoms with E-state index in [2.05, 4.69) is 57.8 Å². The van der Waals surface area contributed by atoms with Crippen LogP contribution in [0.1, 0.15) is 17.4 Å². The summed E-state index contributed by atoms with van der Waals surface area (Å²) >= 11 is 5.21. The van der Waals surface area contributed by atoms with Crippen molar-refractivity contribution in [3.05, 3.63) is 56.7 Å². The van der Waals surface area contributed by atoms with Crippen LogP contribution in [0.2, 0.25) is 0 Å². The van der Waals surface area contributed by atoms with Crippen molar-refractivity contribution >= 4 is 27.3 Å². The highest BCUT2D eigenvalue weighted by Gasteiger charge is 2.03. The molecule has 2 nitrogen and oxygen atoms in total. The standard InChI is InChI=1S/C15H18BrNOS/c1-12(9-17-10-15-3-2-8-19-15)18-11-13-4-6-14(16)7-5-13/h2-8,12,17H,9-11H2,1H3. The minimum absolute atomic E-state index is 0.212. The van der Waals surface area contributed by atoms with Crippen molar-refractivity contribution < 1.29 is 4.74 Å². The van der Waals surface area contributed by atoms with E-state index in [1.54, 1.807) is 11.3 Å². The number of nitrogens with one attached hydrogen (secondary N) is 1. The smallest absolute Gasteiger partial charge is 0.0721 e. The van der Waals surface area contributed by atoms with Gasteiger partial charge in [-0.25, -0.2) is 0 Å². The quantitative estimate of drug-likeness (QED) is 0.815. The maximum Gasteiger partial charge on any atom is 0.0721 e. The summed E-state index contributed by atoms with van der Waals surface area (Å²) in [4.78, 5) is 1.36. The number of rotatable bonds is 7. The molecule has 0 amide bonds. The van der Waals surface area contributed by atoms with Crippen LogP contribution in [0.15, 0.2) is 46.3 Å². The lowest BCUT2D eigenvalue weighted by atomic mass is 10.2. The summed E-state index contributed by atoms with van der Waals surface area (Å²) in [6, 6.07) is 12.5. The SMILES string of the molecule is CC(CNCc1cccs1)OCc1ccc(Br)cc1. The molecule has 4 heteroatoms. The molecule has 1 aromatic carbocycles. The summed E-state index contributed by atoms with van der Waals surface area (Å²) in [5, 5.41) is 5.51. The molecule has 1 unspecified atom stereocenters. The van der Waals surface area contributed by atoms with Crippen molar-refractivity contribution in [1.29, 1.82) is 0 Å². The molecule has 2 aromatic rings. The zero-order valence-electron chi connectivity index (χ0n) is 10.9. The molecule has 0 bridgehead atoms. The Morgan fingerprint density at radius 3 is 2.74 bits per heavy atom. The van der Waals surface area contributed by atoms with Gasteiger partial charge in [-0.05, 0) is 36.1 Å². The lowest BCUT2D eigenvalue weighted by molar-refractivity contribution is 0.0530. The molecular formula is C15H18BrNOS. The third-order valence-electron chi connectivity index (χ3n) is 2.76. The van der Waals surface area contributed by atoms with Gasteiger partial charge >= 0.3 is 0 Å². The highest BCUT2D eigenvalue weighted by Crippen LogP contribution is 2.12. The molecule has 1 aromatic heterocycles. The Morgan fingerprint density at radius 2 is 2.05 bits per heavy atom. The minimum Gasteiger partial charge on any atom is -0.373 e. The van der Waals surface area contributed by atoms with E-state index in [9.17, 15) is 0 Å². The Kier molecular flexibility index (Phi) is 6.04. The van der Waals surface area contributed by atoms with Crippen molar-refractivity contribution in [2.45, 2.75) is 26.2 Å². The summed E-state index contributed by atoms with van der Waals surface area (Å²) in [5.41, 5.74) is 1.20. The van der Waals surface area contributed by atoms with E-state index >= 15 is 0 Å². The second-order valence-corrected chi connectivity index (χ2v) is 6.41. The van der Waals surface area contributed by atoms with Crippen LogP contribution in [0.5, 0.6) is 0 Å². The van der Waals surface area contributed by atoms with Gasteiger partial charge in [0.2, 0.25) is 0 Å². The van der Waals surface area contributed by atoms with Crippen molar-refractivity contribution in [1.82, 2.24) is 5.32 Å². The van der Waals surface area contributed by atoms with E-state index in [4.69, 9.17) is 4.74 Å². The molecular weight excluding hydrogens is 322 g/mol. The van der Waals surface area contributed by atoms with Gasteiger partial charge in [-0.3, -0.25) is 0 Å². The molecule has 19 heavy (non-hydrogen) atoms. The fourth-order valence-corrected chi connectivity index (χ4v) is 2.63. The van der Waals surface area contributed by atoms with Gasteiger partial charge in [-0.15, -0.1) is 11.3 Å². The van der Waals surface area contributed by atoms with E-state index in [1.807, 2.05) is 12.1 Å². The zero-order valence-corrected chi connectivity index (χ0v) is 13.3. The minimum atomic E-state index is 0.212. The Morgan fingerprint density at radius 1 is 1.26 bits per heavy atom. The first kappa shape index (κ1) is 14.7. The lowest BCUT2D eigenvalue weighted by Crippen LogP contribution is -2.26. The number of benzene rings is 1. The van der Waals surface area contributed by atoms with Crippen LogP contribution in [0.4, 0.5) is 0 Å². The maximum absolute atomic E-state index is 5.81. The number of ether oxygens (including phenoxy) is 1. The van der Waals surface area contributed by atoms with Gasteiger partial charge in [-0.1, -0.05) is 34.1 Å². The van der Waals surface area contributed by atoms with Gasteiger partial charge in [0.05, 0.1) is 12.7 Å². The fourth-order valence-electron chi connectivity index (χ4n) is 1.69. The van der Waals surface area contributed by atoms with Crippen LogP contribution < -0.4 is 5.32 Å². The maximum atomic E-state index is 5.81. The first-order chi connectivity index (χ1) is 9.24. The molecule has 0 saturated heterocycles. The summed E-state index contributed by atoms with van der Waals surface area (Å²) in [6.45, 7) is 4.55. The van der Waals surface area contributed by atoms with Crippen LogP contribution in [0.25, 0.3) is 0 Å². The van der Waals surface area contributed by atoms with E-state index in [0.717, 1.165) is 17.6 Å². The lowest BCUT2D eigenvalue weighted by Gasteiger charge is -2.13. The average molecular weight is 340 g/mol. The molecule has 1 atom stereocenters. The Labute approximate surface area is 126 Å². The first-order valence-corrected chi connectivity index (χ1v) is 8.00. The van der Waals surface area contributed by atoms with Crippen LogP contribution in [0, 0.1) is 0 Å². The Hall–Kier alpha value is -0.680. The molecule has 1 N–H and O–H groups in total. The van der Waals surface area contributed by atoms with Crippen molar-refractivity contribution in [3.8, 4) is 0 Å². The molecule has 0 aliphatic carbocycles. The largest absolute Gasteiger partial charge is 0.373 e. The molecule has 1 heterocycles. The molecule has 0 fully saturated rings. The Balaban J connectivity index is 1.64. The third kappa shape index (κ3) is 5.45. The average Bonchev–Trinajstić information content (AvgIpc) is 2.91. The summed E-state index contributed by atoms with van der Waals surface area (Å²) in [7, 11) is 0. The molecule has 102 valence electrons. The van der Waals surface area contributed by atoms with E-state index in [-0.39, 0.29) is 6.10 Å². The fraction of sp³-hybridized carbons (Fsp3) is 0.333. The molecule has 0 aliphatic heterocycles. The van der Waals surface area contributed by atoms with Crippen LogP contribution >= 0.6 is 27.3 Å². The zero-order chi connectivity index (χ0) is 13.5. The van der Waals surface area contributed by atoms with Gasteiger partial charge < -0.3 is 10.1 Å². The second kappa shape index (κ2) is 7.80. The van der Waals surface area contributed by atoms with E-state index < -0.39 is 0 Å². The van der Waals surface area contributed by atoms with Crippen LogP contribution in [-0.4, -0.2) is 12.6 Å². The summed E-state index contributed by atoms with van der Waals surface area (Å²) in [6.07, 6.45) is 0.212. The number of hydrogen-bond donors (Lipinski definition) is 1. The van der Waals surface area contributed by atoms with Crippen LogP contribution in [0.3, 0.4) is 0 Å². The number of thiophene rings is 1. The summed E-state index contributed by atoms with van der Waals surface area (Å²) < 4.78 is 6.91. The molecule has 0 saturated carbocycles. The van der Waals surface area contributed by atoms with Gasteiger partial charge in [-0.2, -0.15) is 0 Å². The first-order valence-electron chi connectivity index (χ1n) is 6.33. The van der Waals surface area contributed by atoms with Crippen molar-refractivity contribution in [3.63, 3.8) is 0 Å².